The molecule has 1 saturated carbocycles. The fourth-order valence-electron chi connectivity index (χ4n) is 11.5. The second kappa shape index (κ2) is 8.40. The van der Waals surface area contributed by atoms with Crippen molar-refractivity contribution >= 4 is 34.1 Å². The van der Waals surface area contributed by atoms with Gasteiger partial charge in [0.25, 0.3) is 0 Å². The van der Waals surface area contributed by atoms with Gasteiger partial charge in [0.15, 0.2) is 0 Å². The highest BCUT2D eigenvalue weighted by atomic mass is 14.6. The number of hydrogen-bond donors (Lipinski definition) is 0. The smallest absolute Gasteiger partial charge is 0.0159 e. The maximum atomic E-state index is 2.68. The molecule has 7 aliphatic rings. The first-order valence-electron chi connectivity index (χ1n) is 17.7. The van der Waals surface area contributed by atoms with Gasteiger partial charge in [-0.3, -0.25) is 0 Å². The van der Waals surface area contributed by atoms with Gasteiger partial charge in [-0.15, -0.1) is 0 Å². The summed E-state index contributed by atoms with van der Waals surface area (Å²) in [6, 6.07) is 22.1. The van der Waals surface area contributed by atoms with E-state index in [-0.39, 0.29) is 10.8 Å². The van der Waals surface area contributed by atoms with Crippen molar-refractivity contribution in [2.45, 2.75) is 70.1 Å². The van der Waals surface area contributed by atoms with Crippen molar-refractivity contribution in [2.24, 2.45) is 17.8 Å². The molecule has 0 spiro atoms. The lowest BCUT2D eigenvalue weighted by Crippen LogP contribution is -2.45. The summed E-state index contributed by atoms with van der Waals surface area (Å²) in [7, 11) is 0. The van der Waals surface area contributed by atoms with Crippen LogP contribution >= 0.6 is 0 Å². The molecule has 0 N–H and O–H groups in total. The minimum Gasteiger partial charge on any atom is -0.0839 e. The van der Waals surface area contributed by atoms with Crippen molar-refractivity contribution in [3.05, 3.63) is 139 Å². The molecule has 4 aromatic carbocycles. The van der Waals surface area contributed by atoms with Crippen LogP contribution in [0.5, 0.6) is 0 Å². The second-order valence-electron chi connectivity index (χ2n) is 16.3. The van der Waals surface area contributed by atoms with E-state index < -0.39 is 0 Å². The molecule has 0 amide bonds. The number of benzene rings is 4. The Hall–Kier alpha value is -4.16. The minimum atomic E-state index is -0.0530. The van der Waals surface area contributed by atoms with Crippen LogP contribution < -0.4 is 20.9 Å². The van der Waals surface area contributed by atoms with E-state index in [9.17, 15) is 0 Å². The van der Waals surface area contributed by atoms with Crippen LogP contribution in [0.3, 0.4) is 0 Å². The van der Waals surface area contributed by atoms with Crippen LogP contribution in [-0.2, 0) is 10.8 Å². The maximum absolute atomic E-state index is 2.68. The van der Waals surface area contributed by atoms with Crippen LogP contribution in [0.2, 0.25) is 0 Å². The summed E-state index contributed by atoms with van der Waals surface area (Å²) in [4.78, 5) is 0. The van der Waals surface area contributed by atoms with Gasteiger partial charge in [0.1, 0.15) is 0 Å². The first-order chi connectivity index (χ1) is 22.3. The van der Waals surface area contributed by atoms with Gasteiger partial charge >= 0.3 is 0 Å². The lowest BCUT2D eigenvalue weighted by atomic mass is 9.59. The van der Waals surface area contributed by atoms with Crippen molar-refractivity contribution < 1.29 is 0 Å². The molecule has 4 atom stereocenters. The van der Waals surface area contributed by atoms with Crippen molar-refractivity contribution in [2.75, 3.05) is 0 Å². The average Bonchev–Trinajstić information content (AvgIpc) is 3.45. The van der Waals surface area contributed by atoms with Gasteiger partial charge in [-0.05, 0) is 148 Å². The molecule has 4 unspecified atom stereocenters. The van der Waals surface area contributed by atoms with Gasteiger partial charge in [0, 0.05) is 17.3 Å². The van der Waals surface area contributed by atoms with Gasteiger partial charge in [-0.2, -0.15) is 0 Å². The average molecular weight is 593 g/mol. The SMILES string of the molecule is CC1(C)c2cc3c(cc2-c2c1cc1ccc4c5c1c2=CCC5C=CC=4)C(C)(C)C1C3=c2ccccc2=C2C3=CC=CCC3CCC21. The van der Waals surface area contributed by atoms with E-state index >= 15 is 0 Å². The van der Waals surface area contributed by atoms with Crippen LogP contribution in [-0.4, -0.2) is 0 Å². The fraction of sp³-hybridized carbons (Fsp3) is 0.304. The molecule has 0 radical (unpaired) electrons. The van der Waals surface area contributed by atoms with Gasteiger partial charge in [-0.25, -0.2) is 0 Å². The van der Waals surface area contributed by atoms with E-state index in [1.165, 1.54) is 78.7 Å². The molecule has 11 rings (SSSR count). The van der Waals surface area contributed by atoms with Gasteiger partial charge < -0.3 is 0 Å². The number of rotatable bonds is 0. The van der Waals surface area contributed by atoms with E-state index in [1.807, 2.05) is 0 Å². The molecule has 0 bridgehead atoms. The molecular formula is C46H40. The third-order valence-corrected chi connectivity index (χ3v) is 13.5. The van der Waals surface area contributed by atoms with Gasteiger partial charge in [0.2, 0.25) is 0 Å². The van der Waals surface area contributed by atoms with Gasteiger partial charge in [0.05, 0.1) is 0 Å². The third kappa shape index (κ3) is 2.95. The van der Waals surface area contributed by atoms with E-state index in [0.717, 1.165) is 6.42 Å². The Labute approximate surface area is 271 Å². The molecule has 7 aliphatic carbocycles. The Morgan fingerprint density at radius 3 is 2.43 bits per heavy atom. The molecular weight excluding hydrogens is 553 g/mol. The van der Waals surface area contributed by atoms with E-state index in [0.29, 0.717) is 23.7 Å². The number of fused-ring (bicyclic) bond motifs is 12. The predicted octanol–water partition coefficient (Wildman–Crippen LogP) is 7.95. The van der Waals surface area contributed by atoms with Crippen LogP contribution in [0.4, 0.5) is 0 Å². The van der Waals surface area contributed by atoms with Gasteiger partial charge in [-0.1, -0.05) is 107 Å². The number of allylic oxidation sites excluding steroid dienone is 6. The molecule has 4 aromatic rings. The van der Waals surface area contributed by atoms with Crippen LogP contribution in [0.1, 0.15) is 87.1 Å². The summed E-state index contributed by atoms with van der Waals surface area (Å²) in [6.07, 6.45) is 21.6. The zero-order chi connectivity index (χ0) is 30.7. The van der Waals surface area contributed by atoms with E-state index in [1.54, 1.807) is 27.8 Å². The zero-order valence-corrected chi connectivity index (χ0v) is 27.4. The highest BCUT2D eigenvalue weighted by Gasteiger charge is 2.52. The minimum absolute atomic E-state index is 0.0513. The summed E-state index contributed by atoms with van der Waals surface area (Å²) in [5.74, 6) is 2.25. The van der Waals surface area contributed by atoms with E-state index in [2.05, 4.69) is 125 Å². The Balaban J connectivity index is 1.23. The Morgan fingerprint density at radius 1 is 0.739 bits per heavy atom. The maximum Gasteiger partial charge on any atom is 0.0159 e. The molecule has 0 aromatic heterocycles. The fourth-order valence-corrected chi connectivity index (χ4v) is 11.5. The molecule has 224 valence electrons. The predicted molar refractivity (Wildman–Crippen MR) is 192 cm³/mol. The molecule has 0 aliphatic heterocycles. The highest BCUT2D eigenvalue weighted by Crippen LogP contribution is 2.61. The van der Waals surface area contributed by atoms with E-state index in [4.69, 9.17) is 0 Å². The Bertz CT molecular complexity index is 2490. The summed E-state index contributed by atoms with van der Waals surface area (Å²) in [5.41, 5.74) is 15.6. The lowest BCUT2D eigenvalue weighted by molar-refractivity contribution is 0.293. The van der Waals surface area contributed by atoms with Crippen molar-refractivity contribution in [1.29, 1.82) is 0 Å². The van der Waals surface area contributed by atoms with Crippen LogP contribution in [0, 0.1) is 17.8 Å². The largest absolute Gasteiger partial charge is 0.0839 e. The lowest BCUT2D eigenvalue weighted by Gasteiger charge is -2.44. The third-order valence-electron chi connectivity index (χ3n) is 13.5. The van der Waals surface area contributed by atoms with Crippen molar-refractivity contribution in [1.82, 2.24) is 0 Å². The van der Waals surface area contributed by atoms with Crippen molar-refractivity contribution in [3.8, 4) is 11.1 Å². The highest BCUT2D eigenvalue weighted by molar-refractivity contribution is 5.99. The monoisotopic (exact) mass is 592 g/mol. The molecule has 1 fully saturated rings. The summed E-state index contributed by atoms with van der Waals surface area (Å²) < 4.78 is 0. The van der Waals surface area contributed by atoms with Crippen LogP contribution in [0.25, 0.3) is 45.2 Å². The molecule has 0 nitrogen and oxygen atoms in total. The molecule has 0 heteroatoms. The Kier molecular flexibility index (Phi) is 4.74. The van der Waals surface area contributed by atoms with Crippen LogP contribution in [0.15, 0.2) is 90.6 Å². The molecule has 46 heavy (non-hydrogen) atoms. The summed E-state index contributed by atoms with van der Waals surface area (Å²) in [6.45, 7) is 10.1. The first kappa shape index (κ1) is 26.0. The normalized spacial score (nSPS) is 27.3. The molecule has 0 saturated heterocycles. The standard InChI is InChI=1S/C46H40/c1-45(2)36-24-35-37(23-34(36)42-32-20-19-27-12-9-11-26-16-17-28(22-38(42)45)40(32)39(26)27)46(3,4)44-33-21-18-25-10-5-6-13-29(25)41(33)30-14-7-8-15-31(30)43(35)44/h5-9,11-17,20,22-25,27,33,44H,10,18-19,21H2,1-4H3. The second-order valence-corrected chi connectivity index (χ2v) is 16.3. The summed E-state index contributed by atoms with van der Waals surface area (Å²) >= 11 is 0. The zero-order valence-electron chi connectivity index (χ0n) is 27.4. The number of hydrogen-bond acceptors (Lipinski definition) is 0. The Morgan fingerprint density at radius 2 is 1.57 bits per heavy atom. The molecule has 0 heterocycles. The van der Waals surface area contributed by atoms with Crippen molar-refractivity contribution in [3.63, 3.8) is 0 Å². The first-order valence-corrected chi connectivity index (χ1v) is 17.7. The summed E-state index contributed by atoms with van der Waals surface area (Å²) in [5, 5.41) is 8.81. The topological polar surface area (TPSA) is 0 Å². The quantitative estimate of drug-likeness (QED) is 0.194.